The number of benzene rings is 1. The van der Waals surface area contributed by atoms with E-state index in [2.05, 4.69) is 14.8 Å². The van der Waals surface area contributed by atoms with Gasteiger partial charge in [0.1, 0.15) is 0 Å². The van der Waals surface area contributed by atoms with Crippen LogP contribution in [0.15, 0.2) is 42.7 Å². The normalized spacial score (nSPS) is 21.4. The first-order valence-electron chi connectivity index (χ1n) is 9.62. The van der Waals surface area contributed by atoms with E-state index in [0.29, 0.717) is 18.9 Å². The van der Waals surface area contributed by atoms with Gasteiger partial charge in [-0.25, -0.2) is 8.78 Å². The second kappa shape index (κ2) is 7.52. The lowest BCUT2D eigenvalue weighted by Crippen LogP contribution is -2.50. The van der Waals surface area contributed by atoms with Crippen molar-refractivity contribution in [2.75, 3.05) is 31.1 Å². The lowest BCUT2D eigenvalue weighted by atomic mass is 9.84. The Hall–Kier alpha value is -2.05. The average Bonchev–Trinajstić information content (AvgIpc) is 2.71. The van der Waals surface area contributed by atoms with Crippen LogP contribution in [-0.4, -0.2) is 47.2 Å². The molecule has 4 nitrogen and oxygen atoms in total. The van der Waals surface area contributed by atoms with E-state index in [4.69, 9.17) is 0 Å². The Morgan fingerprint density at radius 2 is 1.74 bits per heavy atom. The van der Waals surface area contributed by atoms with Gasteiger partial charge in [0.25, 0.3) is 0 Å². The monoisotopic (exact) mass is 373 g/mol. The number of piperidine rings is 2. The highest BCUT2D eigenvalue weighted by Gasteiger charge is 2.36. The van der Waals surface area contributed by atoms with E-state index in [1.165, 1.54) is 12.1 Å². The van der Waals surface area contributed by atoms with Crippen molar-refractivity contribution < 1.29 is 13.9 Å². The zero-order chi connectivity index (χ0) is 18.9. The summed E-state index contributed by atoms with van der Waals surface area (Å²) in [4.78, 5) is 8.72. The number of hydrogen-bond donors (Lipinski definition) is 1. The van der Waals surface area contributed by atoms with Crippen molar-refractivity contribution >= 4 is 5.69 Å². The van der Waals surface area contributed by atoms with Crippen molar-refractivity contribution in [2.24, 2.45) is 0 Å². The quantitative estimate of drug-likeness (QED) is 0.896. The first-order chi connectivity index (χ1) is 13.0. The van der Waals surface area contributed by atoms with Crippen molar-refractivity contribution in [3.8, 4) is 0 Å². The van der Waals surface area contributed by atoms with Gasteiger partial charge < -0.3 is 14.9 Å². The molecular formula is C21H25F2N3O. The number of aliphatic hydroxyl groups is 1. The fraction of sp³-hybridized carbons (Fsp3) is 0.476. The van der Waals surface area contributed by atoms with E-state index >= 15 is 0 Å². The van der Waals surface area contributed by atoms with Gasteiger partial charge >= 0.3 is 0 Å². The van der Waals surface area contributed by atoms with Gasteiger partial charge in [-0.05, 0) is 43.9 Å². The highest BCUT2D eigenvalue weighted by molar-refractivity contribution is 5.47. The predicted octanol–water partition coefficient (Wildman–Crippen LogP) is 3.31. The van der Waals surface area contributed by atoms with Gasteiger partial charge in [-0.3, -0.25) is 4.98 Å². The molecule has 2 aromatic rings. The van der Waals surface area contributed by atoms with Gasteiger partial charge in [0.15, 0.2) is 11.6 Å². The Bertz CT molecular complexity index is 770. The van der Waals surface area contributed by atoms with Crippen LogP contribution in [-0.2, 0) is 5.60 Å². The van der Waals surface area contributed by atoms with Crippen LogP contribution >= 0.6 is 0 Å². The summed E-state index contributed by atoms with van der Waals surface area (Å²) in [5.41, 5.74) is 0.867. The highest BCUT2D eigenvalue weighted by atomic mass is 19.2. The lowest BCUT2D eigenvalue weighted by molar-refractivity contribution is -0.0381. The van der Waals surface area contributed by atoms with Crippen LogP contribution in [0.2, 0.25) is 0 Å². The van der Waals surface area contributed by atoms with Crippen molar-refractivity contribution in [1.82, 2.24) is 9.88 Å². The van der Waals surface area contributed by atoms with Gasteiger partial charge in [0, 0.05) is 61.9 Å². The van der Waals surface area contributed by atoms with Gasteiger partial charge in [-0.15, -0.1) is 0 Å². The summed E-state index contributed by atoms with van der Waals surface area (Å²) in [6.45, 7) is 3.39. The maximum atomic E-state index is 13.5. The summed E-state index contributed by atoms with van der Waals surface area (Å²) in [7, 11) is 0. The van der Waals surface area contributed by atoms with Crippen LogP contribution in [0.4, 0.5) is 14.5 Å². The third-order valence-electron chi connectivity index (χ3n) is 6.07. The van der Waals surface area contributed by atoms with Crippen molar-refractivity contribution in [1.29, 1.82) is 0 Å². The fourth-order valence-electron chi connectivity index (χ4n) is 4.36. The number of anilines is 1. The summed E-state index contributed by atoms with van der Waals surface area (Å²) in [5, 5.41) is 11.0. The molecule has 1 aromatic heterocycles. The van der Waals surface area contributed by atoms with Crippen LogP contribution in [0, 0.1) is 11.6 Å². The Kier molecular flexibility index (Phi) is 5.10. The SMILES string of the molecule is OC1(c2cccnc2)CCN(C2CCN(c3ccc(F)c(F)c3)CC2)CC1. The number of hydrogen-bond acceptors (Lipinski definition) is 4. The molecule has 0 atom stereocenters. The molecule has 0 bridgehead atoms. The van der Waals surface area contributed by atoms with E-state index < -0.39 is 17.2 Å². The fourth-order valence-corrected chi connectivity index (χ4v) is 4.36. The number of nitrogens with zero attached hydrogens (tertiary/aromatic N) is 3. The number of aromatic nitrogens is 1. The predicted molar refractivity (Wildman–Crippen MR) is 101 cm³/mol. The molecule has 6 heteroatoms. The molecule has 2 aliphatic heterocycles. The third kappa shape index (κ3) is 3.82. The maximum Gasteiger partial charge on any atom is 0.160 e. The molecule has 2 saturated heterocycles. The Balaban J connectivity index is 1.32. The molecule has 0 aliphatic carbocycles. The summed E-state index contributed by atoms with van der Waals surface area (Å²) in [5.74, 6) is -1.59. The molecule has 3 heterocycles. The first-order valence-corrected chi connectivity index (χ1v) is 9.62. The van der Waals surface area contributed by atoms with Crippen LogP contribution in [0.1, 0.15) is 31.2 Å². The third-order valence-corrected chi connectivity index (χ3v) is 6.07. The minimum absolute atomic E-state index is 0.477. The largest absolute Gasteiger partial charge is 0.385 e. The maximum absolute atomic E-state index is 13.5. The highest BCUT2D eigenvalue weighted by Crippen LogP contribution is 2.34. The van der Waals surface area contributed by atoms with Crippen LogP contribution in [0.25, 0.3) is 0 Å². The molecule has 0 spiro atoms. The minimum atomic E-state index is -0.803. The van der Waals surface area contributed by atoms with E-state index in [0.717, 1.165) is 50.3 Å². The molecule has 2 aliphatic rings. The number of likely N-dealkylation sites (tertiary alicyclic amines) is 1. The Labute approximate surface area is 158 Å². The standard InChI is InChI=1S/C21H25F2N3O/c22-19-4-3-18(14-20(19)23)25-10-5-17(6-11-25)26-12-7-21(27,8-13-26)16-2-1-9-24-15-16/h1-4,9,14-15,17,27H,5-8,10-13H2. The Morgan fingerprint density at radius 1 is 1.00 bits per heavy atom. The molecule has 1 N–H and O–H groups in total. The molecule has 0 radical (unpaired) electrons. The number of rotatable bonds is 3. The van der Waals surface area contributed by atoms with Crippen LogP contribution in [0.5, 0.6) is 0 Å². The van der Waals surface area contributed by atoms with Gasteiger partial charge in [0.2, 0.25) is 0 Å². The molecular weight excluding hydrogens is 348 g/mol. The van der Waals surface area contributed by atoms with E-state index in [-0.39, 0.29) is 0 Å². The summed E-state index contributed by atoms with van der Waals surface area (Å²) < 4.78 is 26.6. The van der Waals surface area contributed by atoms with Crippen LogP contribution in [0.3, 0.4) is 0 Å². The molecule has 0 unspecified atom stereocenters. The van der Waals surface area contributed by atoms with E-state index in [1.54, 1.807) is 18.5 Å². The molecule has 4 rings (SSSR count). The second-order valence-corrected chi connectivity index (χ2v) is 7.63. The molecule has 2 fully saturated rings. The molecule has 0 saturated carbocycles. The first kappa shape index (κ1) is 18.3. The second-order valence-electron chi connectivity index (χ2n) is 7.63. The van der Waals surface area contributed by atoms with Gasteiger partial charge in [-0.1, -0.05) is 6.07 Å². The summed E-state index contributed by atoms with van der Waals surface area (Å²) in [6, 6.07) is 8.42. The van der Waals surface area contributed by atoms with E-state index in [9.17, 15) is 13.9 Å². The molecule has 1 aromatic carbocycles. The summed E-state index contributed by atoms with van der Waals surface area (Å²) in [6.07, 6.45) is 6.89. The van der Waals surface area contributed by atoms with Gasteiger partial charge in [0.05, 0.1) is 5.60 Å². The molecule has 144 valence electrons. The van der Waals surface area contributed by atoms with Crippen molar-refractivity contribution in [3.05, 3.63) is 59.9 Å². The van der Waals surface area contributed by atoms with Crippen LogP contribution < -0.4 is 4.90 Å². The minimum Gasteiger partial charge on any atom is -0.385 e. The van der Waals surface area contributed by atoms with Gasteiger partial charge in [-0.2, -0.15) is 0 Å². The zero-order valence-electron chi connectivity index (χ0n) is 15.3. The summed E-state index contributed by atoms with van der Waals surface area (Å²) >= 11 is 0. The van der Waals surface area contributed by atoms with E-state index in [1.807, 2.05) is 12.1 Å². The molecule has 27 heavy (non-hydrogen) atoms. The number of pyridine rings is 1. The van der Waals surface area contributed by atoms with Crippen molar-refractivity contribution in [2.45, 2.75) is 37.3 Å². The lowest BCUT2D eigenvalue weighted by Gasteiger charge is -2.44. The van der Waals surface area contributed by atoms with Crippen molar-refractivity contribution in [3.63, 3.8) is 0 Å². The topological polar surface area (TPSA) is 39.6 Å². The number of halogens is 2. The Morgan fingerprint density at radius 3 is 2.37 bits per heavy atom. The zero-order valence-corrected chi connectivity index (χ0v) is 15.3. The average molecular weight is 373 g/mol. The molecule has 0 amide bonds. The smallest absolute Gasteiger partial charge is 0.160 e.